The molecule has 0 aliphatic rings. The first-order valence-corrected chi connectivity index (χ1v) is 7.69. The summed E-state index contributed by atoms with van der Waals surface area (Å²) in [6, 6.07) is 0. The van der Waals surface area contributed by atoms with Crippen molar-refractivity contribution in [2.45, 2.75) is 40.2 Å². The highest BCUT2D eigenvalue weighted by atomic mass is 32.1. The van der Waals surface area contributed by atoms with Crippen molar-refractivity contribution in [1.82, 2.24) is 14.7 Å². The standard InChI is InChI=1S/C14H23N3OS/c1-10(9-18)5-4-6-15-7-13-12(3)16-14-17(13)8-11(2)19-14/h8,10,15,18H,4-7,9H2,1-3H3. The van der Waals surface area contributed by atoms with Gasteiger partial charge in [-0.3, -0.25) is 4.40 Å². The van der Waals surface area contributed by atoms with Crippen LogP contribution in [0.15, 0.2) is 6.20 Å². The molecule has 4 nitrogen and oxygen atoms in total. The molecule has 19 heavy (non-hydrogen) atoms. The topological polar surface area (TPSA) is 49.6 Å². The summed E-state index contributed by atoms with van der Waals surface area (Å²) >= 11 is 1.73. The van der Waals surface area contributed by atoms with Crippen LogP contribution in [0.1, 0.15) is 36.0 Å². The smallest absolute Gasteiger partial charge is 0.194 e. The van der Waals surface area contributed by atoms with Gasteiger partial charge < -0.3 is 10.4 Å². The summed E-state index contributed by atoms with van der Waals surface area (Å²) in [6.07, 6.45) is 4.33. The van der Waals surface area contributed by atoms with E-state index in [0.717, 1.165) is 36.6 Å². The molecule has 5 heteroatoms. The fraction of sp³-hybridized carbons (Fsp3) is 0.643. The number of hydrogen-bond donors (Lipinski definition) is 2. The molecule has 0 saturated heterocycles. The number of aromatic nitrogens is 2. The number of nitrogens with zero attached hydrogens (tertiary/aromatic N) is 2. The molecule has 0 aliphatic heterocycles. The van der Waals surface area contributed by atoms with Crippen molar-refractivity contribution in [2.75, 3.05) is 13.2 Å². The predicted octanol–water partition coefficient (Wildman–Crippen LogP) is 2.51. The maximum Gasteiger partial charge on any atom is 0.194 e. The molecule has 0 fully saturated rings. The first-order chi connectivity index (χ1) is 9.11. The van der Waals surface area contributed by atoms with Gasteiger partial charge in [-0.15, -0.1) is 11.3 Å². The van der Waals surface area contributed by atoms with Crippen LogP contribution in [0.5, 0.6) is 0 Å². The van der Waals surface area contributed by atoms with Crippen molar-refractivity contribution >= 4 is 16.3 Å². The first kappa shape index (κ1) is 14.5. The molecule has 0 bridgehead atoms. The summed E-state index contributed by atoms with van der Waals surface area (Å²) in [6.45, 7) is 8.40. The number of fused-ring (bicyclic) bond motifs is 1. The Hall–Kier alpha value is -0.910. The van der Waals surface area contributed by atoms with E-state index < -0.39 is 0 Å². The van der Waals surface area contributed by atoms with E-state index in [9.17, 15) is 0 Å². The number of aliphatic hydroxyl groups is 1. The van der Waals surface area contributed by atoms with E-state index in [0.29, 0.717) is 5.92 Å². The lowest BCUT2D eigenvalue weighted by molar-refractivity contribution is 0.228. The number of hydrogen-bond acceptors (Lipinski definition) is 4. The minimum Gasteiger partial charge on any atom is -0.396 e. The minimum atomic E-state index is 0.288. The van der Waals surface area contributed by atoms with Crippen LogP contribution >= 0.6 is 11.3 Å². The molecule has 2 heterocycles. The summed E-state index contributed by atoms with van der Waals surface area (Å²) in [5, 5.41) is 12.4. The van der Waals surface area contributed by atoms with Gasteiger partial charge in [0.25, 0.3) is 0 Å². The van der Waals surface area contributed by atoms with Gasteiger partial charge in [-0.1, -0.05) is 6.92 Å². The van der Waals surface area contributed by atoms with Crippen molar-refractivity contribution in [3.05, 3.63) is 22.5 Å². The van der Waals surface area contributed by atoms with Crippen LogP contribution in [-0.4, -0.2) is 27.6 Å². The van der Waals surface area contributed by atoms with Crippen molar-refractivity contribution in [3.63, 3.8) is 0 Å². The molecule has 2 N–H and O–H groups in total. The van der Waals surface area contributed by atoms with Crippen LogP contribution in [0.25, 0.3) is 4.96 Å². The largest absolute Gasteiger partial charge is 0.396 e. The van der Waals surface area contributed by atoms with Crippen LogP contribution in [0, 0.1) is 19.8 Å². The Morgan fingerprint density at radius 3 is 3.00 bits per heavy atom. The van der Waals surface area contributed by atoms with Crippen molar-refractivity contribution in [1.29, 1.82) is 0 Å². The fourth-order valence-electron chi connectivity index (χ4n) is 2.20. The Balaban J connectivity index is 1.85. The monoisotopic (exact) mass is 281 g/mol. The molecule has 106 valence electrons. The Morgan fingerprint density at radius 1 is 1.47 bits per heavy atom. The van der Waals surface area contributed by atoms with Crippen molar-refractivity contribution in [2.24, 2.45) is 5.92 Å². The average Bonchev–Trinajstić information content (AvgIpc) is 2.85. The lowest BCUT2D eigenvalue weighted by atomic mass is 10.1. The Morgan fingerprint density at radius 2 is 2.26 bits per heavy atom. The average molecular weight is 281 g/mol. The molecule has 0 aromatic carbocycles. The van der Waals surface area contributed by atoms with Gasteiger partial charge >= 0.3 is 0 Å². The van der Waals surface area contributed by atoms with E-state index in [4.69, 9.17) is 5.11 Å². The maximum atomic E-state index is 8.97. The molecule has 1 unspecified atom stereocenters. The highest BCUT2D eigenvalue weighted by Gasteiger charge is 2.10. The molecular weight excluding hydrogens is 258 g/mol. The van der Waals surface area contributed by atoms with Gasteiger partial charge in [0.1, 0.15) is 0 Å². The van der Waals surface area contributed by atoms with Crippen LogP contribution in [0.3, 0.4) is 0 Å². The van der Waals surface area contributed by atoms with Gasteiger partial charge in [0.2, 0.25) is 0 Å². The Labute approximate surface area is 118 Å². The van der Waals surface area contributed by atoms with Crippen LogP contribution < -0.4 is 5.32 Å². The number of rotatable bonds is 7. The molecule has 0 spiro atoms. The molecule has 1 atom stereocenters. The van der Waals surface area contributed by atoms with Gasteiger partial charge in [-0.25, -0.2) is 4.98 Å². The van der Waals surface area contributed by atoms with Crippen LogP contribution in [0.4, 0.5) is 0 Å². The van der Waals surface area contributed by atoms with Gasteiger partial charge in [-0.05, 0) is 39.2 Å². The number of imidazole rings is 1. The summed E-state index contributed by atoms with van der Waals surface area (Å²) in [4.78, 5) is 6.96. The SMILES string of the molecule is Cc1cn2c(CNCCCC(C)CO)c(C)nc2s1. The van der Waals surface area contributed by atoms with Gasteiger partial charge in [0.15, 0.2) is 4.96 Å². The number of aryl methyl sites for hydroxylation is 2. The third-order valence-electron chi connectivity index (χ3n) is 3.40. The Bertz CT molecular complexity index is 532. The number of thiazole rings is 1. The molecule has 2 aromatic heterocycles. The van der Waals surface area contributed by atoms with Crippen molar-refractivity contribution < 1.29 is 5.11 Å². The first-order valence-electron chi connectivity index (χ1n) is 6.87. The van der Waals surface area contributed by atoms with Crippen molar-refractivity contribution in [3.8, 4) is 0 Å². The maximum absolute atomic E-state index is 8.97. The van der Waals surface area contributed by atoms with E-state index in [1.165, 1.54) is 10.6 Å². The van der Waals surface area contributed by atoms with E-state index in [2.05, 4.69) is 41.7 Å². The quantitative estimate of drug-likeness (QED) is 0.767. The number of nitrogens with one attached hydrogen (secondary N) is 1. The molecular formula is C14H23N3OS. The Kier molecular flexibility index (Phi) is 4.96. The predicted molar refractivity (Wildman–Crippen MR) is 79.7 cm³/mol. The van der Waals surface area contributed by atoms with Crippen LogP contribution in [0.2, 0.25) is 0 Å². The summed E-state index contributed by atoms with van der Waals surface area (Å²) in [5.74, 6) is 0.407. The zero-order valence-electron chi connectivity index (χ0n) is 11.9. The van der Waals surface area contributed by atoms with Gasteiger partial charge in [-0.2, -0.15) is 0 Å². The second-order valence-corrected chi connectivity index (χ2v) is 6.46. The lowest BCUT2D eigenvalue weighted by Crippen LogP contribution is -2.17. The van der Waals surface area contributed by atoms with E-state index >= 15 is 0 Å². The fourth-order valence-corrected chi connectivity index (χ4v) is 3.09. The second kappa shape index (κ2) is 6.50. The zero-order valence-corrected chi connectivity index (χ0v) is 12.8. The van der Waals surface area contributed by atoms with Crippen LogP contribution in [-0.2, 0) is 6.54 Å². The molecule has 0 saturated carbocycles. The minimum absolute atomic E-state index is 0.288. The highest BCUT2D eigenvalue weighted by molar-refractivity contribution is 7.17. The van der Waals surface area contributed by atoms with Gasteiger partial charge in [0, 0.05) is 24.2 Å². The van der Waals surface area contributed by atoms with E-state index in [1.54, 1.807) is 11.3 Å². The zero-order chi connectivity index (χ0) is 13.8. The molecule has 2 rings (SSSR count). The number of aliphatic hydroxyl groups excluding tert-OH is 1. The van der Waals surface area contributed by atoms with E-state index in [-0.39, 0.29) is 6.61 Å². The molecule has 0 radical (unpaired) electrons. The van der Waals surface area contributed by atoms with Gasteiger partial charge in [0.05, 0.1) is 11.4 Å². The summed E-state index contributed by atoms with van der Waals surface area (Å²) in [5.41, 5.74) is 2.37. The van der Waals surface area contributed by atoms with E-state index in [1.807, 2.05) is 0 Å². The molecule has 2 aromatic rings. The second-order valence-electron chi connectivity index (χ2n) is 5.25. The third-order valence-corrected chi connectivity index (χ3v) is 4.29. The summed E-state index contributed by atoms with van der Waals surface area (Å²) in [7, 11) is 0. The molecule has 0 amide bonds. The summed E-state index contributed by atoms with van der Waals surface area (Å²) < 4.78 is 2.19. The normalized spacial score (nSPS) is 13.3. The highest BCUT2D eigenvalue weighted by Crippen LogP contribution is 2.20. The molecule has 0 aliphatic carbocycles. The lowest BCUT2D eigenvalue weighted by Gasteiger charge is -2.08. The third kappa shape index (κ3) is 3.55.